The zero-order valence-electron chi connectivity index (χ0n) is 56.4. The second-order valence-corrected chi connectivity index (χ2v) is 32.6. The maximum absolute atomic E-state index is 12.5. The molecule has 12 fully saturated rings. The fourth-order valence-electron chi connectivity index (χ4n) is 16.6. The van der Waals surface area contributed by atoms with Crippen molar-refractivity contribution in [2.45, 2.75) is 408 Å². The SMILES string of the molecule is C.C.C.C.C.C.C.C.C.C.C.CCC(C)(C)C(=O)OC1(C)C2CC3CC(C2)CC1C3.CCC(C)(C)C(=O)OC1(C)CCCC1.CCC(C)(C)C(=O)OC1C2CC3C(=O)OC1C3C2.CCC(C)(C)C(=O)OC1CC2CC1C1CCCC21.CCC1(OC(=O)C(C)(C)CC)CCCC1. The zero-order valence-corrected chi connectivity index (χ0v) is 56.4. The number of fused-ring (bicyclic) bond motifs is 6. The van der Waals surface area contributed by atoms with Crippen molar-refractivity contribution < 1.29 is 57.2 Å². The fraction of sp³-hybridized carbons (Fsp3) is 0.928. The molecule has 12 heteroatoms. The van der Waals surface area contributed by atoms with Gasteiger partial charge in [0.05, 0.1) is 33.0 Å². The van der Waals surface area contributed by atoms with Crippen LogP contribution in [0.25, 0.3) is 0 Å². The van der Waals surface area contributed by atoms with Crippen molar-refractivity contribution >= 4 is 35.8 Å². The average molecular weight is 1350 g/mol. The van der Waals surface area contributed by atoms with Crippen LogP contribution in [0.1, 0.15) is 373 Å². The van der Waals surface area contributed by atoms with E-state index in [4.69, 9.17) is 28.4 Å². The molecule has 0 aromatic heterocycles. The van der Waals surface area contributed by atoms with Crippen LogP contribution < -0.4 is 0 Å². The Morgan fingerprint density at radius 2 is 0.811 bits per heavy atom. The van der Waals surface area contributed by atoms with E-state index >= 15 is 0 Å². The summed E-state index contributed by atoms with van der Waals surface area (Å²) < 4.78 is 34.4. The van der Waals surface area contributed by atoms with Crippen LogP contribution in [0.4, 0.5) is 0 Å². The van der Waals surface area contributed by atoms with Crippen molar-refractivity contribution in [2.75, 3.05) is 0 Å². The van der Waals surface area contributed by atoms with Gasteiger partial charge >= 0.3 is 35.8 Å². The quantitative estimate of drug-likeness (QED) is 0.107. The number of carbonyl (C=O) groups excluding carboxylic acids is 6. The third kappa shape index (κ3) is 22.2. The molecule has 95 heavy (non-hydrogen) atoms. The molecule has 1 aliphatic heterocycles. The van der Waals surface area contributed by atoms with Gasteiger partial charge in [-0.2, -0.15) is 0 Å². The Labute approximate surface area is 590 Å². The monoisotopic (exact) mass is 1350 g/mol. The van der Waals surface area contributed by atoms with Gasteiger partial charge in [0, 0.05) is 11.8 Å². The summed E-state index contributed by atoms with van der Waals surface area (Å²) in [5.41, 5.74) is -2.24. The van der Waals surface area contributed by atoms with Crippen LogP contribution in [0.3, 0.4) is 0 Å². The summed E-state index contributed by atoms with van der Waals surface area (Å²) in [6, 6.07) is 0. The molecule has 0 radical (unpaired) electrons. The molecular weight excluding hydrogens is 1190 g/mol. The molecule has 10 atom stereocenters. The summed E-state index contributed by atoms with van der Waals surface area (Å²) >= 11 is 0. The van der Waals surface area contributed by atoms with Crippen molar-refractivity contribution in [1.82, 2.24) is 0 Å². The van der Waals surface area contributed by atoms with Crippen LogP contribution in [0.15, 0.2) is 0 Å². The molecular formula is C83H164O12. The van der Waals surface area contributed by atoms with Gasteiger partial charge in [-0.15, -0.1) is 0 Å². The Kier molecular flexibility index (Phi) is 41.4. The van der Waals surface area contributed by atoms with Gasteiger partial charge in [0.25, 0.3) is 0 Å². The van der Waals surface area contributed by atoms with E-state index in [0.29, 0.717) is 29.6 Å². The zero-order chi connectivity index (χ0) is 62.2. The second-order valence-electron chi connectivity index (χ2n) is 32.6. The third-order valence-electron chi connectivity index (χ3n) is 25.0. The summed E-state index contributed by atoms with van der Waals surface area (Å²) in [6.07, 6.45) is 29.1. The number of hydrogen-bond acceptors (Lipinski definition) is 12. The summed E-state index contributed by atoms with van der Waals surface area (Å²) in [6.45, 7) is 36.2. The smallest absolute Gasteiger partial charge is 0.312 e. The first-order chi connectivity index (χ1) is 39.2. The standard InChI is InChI=1S/C17H28O2.C16H26O2.C14H20O4.C13H24O2.C12H22O2.11CH4/c1-5-16(2,3)15(18)19-17(4)13-7-11-6-12(9-13)10-14(17)8-11;1-4-16(2,3)15(17)18-14-9-10-8-13(14)12-7-5-6-11(10)12;1-4-14(2,3)13(16)18-10-7-5-8-9(6-7)12(15)17-11(8)10;1-5-12(3,4)11(14)15-13(6-2)9-7-8-10-13;1-5-11(2,3)10(13)14-12(4)8-6-7-9-12;;;;;;;;;;;/h11-14H,5-10H2,1-4H3;10-14H,4-9H2,1-3H3;7-11H,4-6H2,1-3H3;5-10H2,1-4H3;5-9H2,1-4H3;11*1H4. The van der Waals surface area contributed by atoms with Crippen LogP contribution in [-0.2, 0) is 57.2 Å². The molecule has 0 spiro atoms. The van der Waals surface area contributed by atoms with Gasteiger partial charge in [-0.1, -0.05) is 130 Å². The van der Waals surface area contributed by atoms with E-state index in [9.17, 15) is 28.8 Å². The van der Waals surface area contributed by atoms with Crippen molar-refractivity contribution in [1.29, 1.82) is 0 Å². The van der Waals surface area contributed by atoms with Crippen LogP contribution in [-0.4, -0.2) is 70.9 Å². The van der Waals surface area contributed by atoms with Gasteiger partial charge in [0.2, 0.25) is 0 Å². The molecule has 0 N–H and O–H groups in total. The summed E-state index contributed by atoms with van der Waals surface area (Å²) in [4.78, 5) is 72.2. The average Bonchev–Trinajstić information content (AvgIpc) is 1.71. The van der Waals surface area contributed by atoms with Crippen molar-refractivity contribution in [3.8, 4) is 0 Å². The Balaban J connectivity index is -0.000000347. The first kappa shape index (κ1) is 100. The summed E-state index contributed by atoms with van der Waals surface area (Å²) in [7, 11) is 0. The van der Waals surface area contributed by atoms with Crippen LogP contribution >= 0.6 is 0 Å². The van der Waals surface area contributed by atoms with Gasteiger partial charge < -0.3 is 28.4 Å². The van der Waals surface area contributed by atoms with Gasteiger partial charge in [0.1, 0.15) is 35.1 Å². The first-order valence-corrected chi connectivity index (χ1v) is 34.5. The Bertz CT molecular complexity index is 2270. The molecule has 1 saturated heterocycles. The molecule has 0 aromatic rings. The minimum Gasteiger partial charge on any atom is -0.462 e. The molecule has 12 nitrogen and oxygen atoms in total. The van der Waals surface area contributed by atoms with E-state index in [1.54, 1.807) is 0 Å². The Morgan fingerprint density at radius 1 is 0.421 bits per heavy atom. The largest absolute Gasteiger partial charge is 0.462 e. The van der Waals surface area contributed by atoms with E-state index in [1.165, 1.54) is 83.5 Å². The second kappa shape index (κ2) is 39.1. The summed E-state index contributed by atoms with van der Waals surface area (Å²) in [5.74, 6) is 6.96. The third-order valence-corrected chi connectivity index (χ3v) is 25.0. The molecule has 12 aliphatic rings. The van der Waals surface area contributed by atoms with Crippen molar-refractivity contribution in [2.24, 2.45) is 92.2 Å². The topological polar surface area (TPSA) is 158 Å². The Hall–Kier alpha value is -3.18. The lowest BCUT2D eigenvalue weighted by Crippen LogP contribution is -2.58. The van der Waals surface area contributed by atoms with E-state index in [2.05, 4.69) is 34.6 Å². The molecule has 568 valence electrons. The maximum Gasteiger partial charge on any atom is 0.312 e. The number of hydrogen-bond donors (Lipinski definition) is 0. The van der Waals surface area contributed by atoms with Gasteiger partial charge in [-0.05, 0) is 291 Å². The Morgan fingerprint density at radius 3 is 1.25 bits per heavy atom. The fourth-order valence-corrected chi connectivity index (χ4v) is 16.6. The highest BCUT2D eigenvalue weighted by Gasteiger charge is 2.64. The van der Waals surface area contributed by atoms with Crippen LogP contribution in [0.5, 0.6) is 0 Å². The van der Waals surface area contributed by atoms with Gasteiger partial charge in [0.15, 0.2) is 0 Å². The molecule has 10 unspecified atom stereocenters. The van der Waals surface area contributed by atoms with E-state index in [-0.39, 0.29) is 180 Å². The molecule has 11 saturated carbocycles. The van der Waals surface area contributed by atoms with Crippen LogP contribution in [0, 0.1) is 92.2 Å². The summed E-state index contributed by atoms with van der Waals surface area (Å²) in [5, 5.41) is 0. The van der Waals surface area contributed by atoms with Crippen molar-refractivity contribution in [3.63, 3.8) is 0 Å². The molecule has 1 heterocycles. The highest BCUT2D eigenvalue weighted by molar-refractivity contribution is 5.79. The minimum absolute atomic E-state index is 0. The molecule has 11 aliphatic carbocycles. The van der Waals surface area contributed by atoms with Crippen LogP contribution in [0.2, 0.25) is 0 Å². The van der Waals surface area contributed by atoms with E-state index in [0.717, 1.165) is 113 Å². The molecule has 8 bridgehead atoms. The molecule has 12 rings (SSSR count). The van der Waals surface area contributed by atoms with Crippen molar-refractivity contribution in [3.05, 3.63) is 0 Å². The highest BCUT2D eigenvalue weighted by Crippen LogP contribution is 2.61. The van der Waals surface area contributed by atoms with E-state index in [1.807, 2.05) is 90.0 Å². The van der Waals surface area contributed by atoms with Gasteiger partial charge in [-0.25, -0.2) is 0 Å². The lowest BCUT2D eigenvalue weighted by Gasteiger charge is -2.59. The molecule has 0 aromatic carbocycles. The number of rotatable bonds is 16. The lowest BCUT2D eigenvalue weighted by atomic mass is 9.50. The van der Waals surface area contributed by atoms with E-state index < -0.39 is 5.41 Å². The highest BCUT2D eigenvalue weighted by atomic mass is 16.6. The van der Waals surface area contributed by atoms with Gasteiger partial charge in [-0.3, -0.25) is 28.8 Å². The number of ether oxygens (including phenoxy) is 6. The predicted octanol–water partition coefficient (Wildman–Crippen LogP) is 23.9. The first-order valence-electron chi connectivity index (χ1n) is 34.5. The lowest BCUT2D eigenvalue weighted by molar-refractivity contribution is -0.211. The molecule has 0 amide bonds. The predicted molar refractivity (Wildman–Crippen MR) is 403 cm³/mol. The minimum atomic E-state index is -0.455. The normalized spacial score (nSPS) is 30.9. The number of carbonyl (C=O) groups is 6. The maximum atomic E-state index is 12.5. The number of esters is 6.